The molecule has 5 aromatic heterocycles. The molecule has 59 heavy (non-hydrogen) atoms. The lowest BCUT2D eigenvalue weighted by Gasteiger charge is -2.27. The van der Waals surface area contributed by atoms with Crippen LogP contribution in [0.15, 0.2) is 62.4 Å². The van der Waals surface area contributed by atoms with E-state index in [-0.39, 0.29) is 30.4 Å². The number of fused-ring (bicyclic) bond motifs is 5. The molecule has 2 aliphatic carbocycles. The molecule has 0 spiro atoms. The molecule has 3 amide bonds. The molecule has 0 bridgehead atoms. The molecular weight excluding hydrogens is 913 g/mol. The summed E-state index contributed by atoms with van der Waals surface area (Å²) >= 11 is 11.0. The second-order valence-corrected chi connectivity index (χ2v) is 20.0. The fourth-order valence-electron chi connectivity index (χ4n) is 6.54. The smallest absolute Gasteiger partial charge is 0.312 e. The van der Waals surface area contributed by atoms with Gasteiger partial charge >= 0.3 is 5.97 Å². The van der Waals surface area contributed by atoms with Crippen LogP contribution < -0.4 is 5.32 Å². The number of thiophene rings is 5. The van der Waals surface area contributed by atoms with Crippen LogP contribution >= 0.6 is 72.6 Å². The van der Waals surface area contributed by atoms with E-state index in [9.17, 15) is 24.0 Å². The maximum absolute atomic E-state index is 12.1. The zero-order valence-electron chi connectivity index (χ0n) is 32.9. The third kappa shape index (κ3) is 11.0. The highest BCUT2D eigenvalue weighted by Crippen LogP contribution is 2.29. The molecule has 0 aromatic carbocycles. The summed E-state index contributed by atoms with van der Waals surface area (Å²) in [6.45, 7) is 7.68. The molecule has 0 saturated heterocycles. The van der Waals surface area contributed by atoms with Crippen LogP contribution in [0.3, 0.4) is 0 Å². The molecule has 3 aliphatic heterocycles. The third-order valence-electron chi connectivity index (χ3n) is 9.88. The van der Waals surface area contributed by atoms with E-state index in [1.165, 1.54) is 49.8 Å². The summed E-state index contributed by atoms with van der Waals surface area (Å²) in [6.07, 6.45) is 6.47. The Morgan fingerprint density at radius 1 is 0.678 bits per heavy atom. The minimum Gasteiger partial charge on any atom is -0.444 e. The fourth-order valence-corrected chi connectivity index (χ4v) is 11.6. The number of esters is 1. The molecule has 0 atom stereocenters. The zero-order chi connectivity index (χ0) is 42.1. The van der Waals surface area contributed by atoms with Gasteiger partial charge in [0.05, 0.1) is 41.0 Å². The summed E-state index contributed by atoms with van der Waals surface area (Å²) < 4.78 is 5.18. The van der Waals surface area contributed by atoms with Gasteiger partial charge in [0, 0.05) is 26.1 Å². The van der Waals surface area contributed by atoms with Crippen LogP contribution in [0.1, 0.15) is 105 Å². The van der Waals surface area contributed by atoms with Gasteiger partial charge in [-0.05, 0) is 144 Å². The van der Waals surface area contributed by atoms with Crippen LogP contribution in [0.25, 0.3) is 0 Å². The highest BCUT2D eigenvalue weighted by Gasteiger charge is 2.29. The first-order chi connectivity index (χ1) is 28.4. The number of hydrogen-bond acceptors (Lipinski definition) is 13. The second-order valence-electron chi connectivity index (χ2n) is 14.9. The number of aryl methyl sites for hydroxylation is 2. The van der Waals surface area contributed by atoms with Gasteiger partial charge in [-0.3, -0.25) is 24.0 Å². The number of ether oxygens (including phenoxy) is 1. The SMILES string of the molecule is CC(C)(C)C(=O)OCN1CCc2ccsc2C1=O.O=C1CCc2ccsc21.O=C1NCCc2ccsc21.O=C1c2sccc2CCN1CBr.ON=C1CCc2ccsc21. The molecule has 2 N–H and O–H groups in total. The highest BCUT2D eigenvalue weighted by molar-refractivity contribution is 9.09. The molecule has 5 aliphatic rings. The van der Waals surface area contributed by atoms with Crippen LogP contribution in [0.5, 0.6) is 0 Å². The van der Waals surface area contributed by atoms with Gasteiger partial charge in [-0.25, -0.2) is 0 Å². The molecule has 8 heterocycles. The zero-order valence-corrected chi connectivity index (χ0v) is 38.6. The van der Waals surface area contributed by atoms with E-state index in [1.54, 1.807) is 59.7 Å². The Kier molecular flexibility index (Phi) is 15.5. The van der Waals surface area contributed by atoms with Gasteiger partial charge in [0.15, 0.2) is 12.5 Å². The van der Waals surface area contributed by atoms with E-state index in [0.29, 0.717) is 17.8 Å². The minimum absolute atomic E-state index is 0.0343. The molecule has 0 unspecified atom stereocenters. The monoisotopic (exact) mass is 956 g/mol. The molecule has 17 heteroatoms. The van der Waals surface area contributed by atoms with E-state index < -0.39 is 5.41 Å². The standard InChI is InChI=1S/C13H17NO3S.C8H8BrNOS.2C7H7NOS.C7H6OS/c1-13(2,3)12(16)17-8-14-6-4-9-5-7-18-10(9)11(14)15;9-5-10-3-1-6-2-4-12-7(6)8(10)11;9-7-6-5(1-3-8-7)2-4-10-6;9-8-6-2-1-5-3-4-10-7(5)6;8-6-2-1-5-3-4-9-7(5)6/h5,7H,4,6,8H2,1-3H3;2,4H,1,3,5H2;2,4H,1,3H2,(H,8,9);3-4,9H,1-2H2;3-4H,1-2H2. The van der Waals surface area contributed by atoms with Crippen molar-refractivity contribution in [2.75, 3.05) is 31.8 Å². The van der Waals surface area contributed by atoms with Crippen LogP contribution in [0, 0.1) is 5.41 Å². The number of amides is 3. The second kappa shape index (κ2) is 20.5. The average Bonchev–Trinajstić information content (AvgIpc) is 4.07. The van der Waals surface area contributed by atoms with Crippen molar-refractivity contribution < 1.29 is 33.9 Å². The summed E-state index contributed by atoms with van der Waals surface area (Å²) in [5.74, 6) is 0.277. The molecule has 0 saturated carbocycles. The van der Waals surface area contributed by atoms with E-state index >= 15 is 0 Å². The Morgan fingerprint density at radius 2 is 1.15 bits per heavy atom. The number of rotatable bonds is 3. The predicted octanol–water partition coefficient (Wildman–Crippen LogP) is 9.18. The molecule has 11 nitrogen and oxygen atoms in total. The van der Waals surface area contributed by atoms with Crippen LogP contribution in [-0.2, 0) is 41.6 Å². The molecule has 10 rings (SSSR count). The Bertz CT molecular complexity index is 2310. The quantitative estimate of drug-likeness (QED) is 0.0603. The van der Waals surface area contributed by atoms with Crippen molar-refractivity contribution in [1.29, 1.82) is 0 Å². The maximum atomic E-state index is 12.1. The summed E-state index contributed by atoms with van der Waals surface area (Å²) in [4.78, 5) is 65.5. The molecule has 0 fully saturated rings. The van der Waals surface area contributed by atoms with Gasteiger partial charge in [0.1, 0.15) is 0 Å². The highest BCUT2D eigenvalue weighted by atomic mass is 79.9. The fraction of sp³-hybridized carbons (Fsp3) is 0.381. The first-order valence-electron chi connectivity index (χ1n) is 19.1. The van der Waals surface area contributed by atoms with Gasteiger partial charge in [-0.1, -0.05) is 21.1 Å². The summed E-state index contributed by atoms with van der Waals surface area (Å²) in [5.41, 5.74) is 7.06. The van der Waals surface area contributed by atoms with Crippen molar-refractivity contribution in [2.45, 2.75) is 65.7 Å². The topological polar surface area (TPSA) is 146 Å². The first kappa shape index (κ1) is 44.5. The van der Waals surface area contributed by atoms with Gasteiger partial charge < -0.3 is 25.1 Å². The minimum atomic E-state index is -0.535. The van der Waals surface area contributed by atoms with Crippen molar-refractivity contribution in [1.82, 2.24) is 15.1 Å². The number of alkyl halides is 1. The Hall–Kier alpha value is -4.00. The number of ketones is 1. The number of hydrogen-bond donors (Lipinski definition) is 2. The summed E-state index contributed by atoms with van der Waals surface area (Å²) in [7, 11) is 0. The lowest BCUT2D eigenvalue weighted by atomic mass is 9.97. The van der Waals surface area contributed by atoms with Crippen LogP contribution in [0.4, 0.5) is 0 Å². The van der Waals surface area contributed by atoms with Crippen molar-refractivity contribution in [3.8, 4) is 0 Å². The van der Waals surface area contributed by atoms with Crippen molar-refractivity contribution in [2.24, 2.45) is 10.6 Å². The van der Waals surface area contributed by atoms with Crippen LogP contribution in [0.2, 0.25) is 0 Å². The lowest BCUT2D eigenvalue weighted by Crippen LogP contribution is -2.40. The Morgan fingerprint density at radius 3 is 1.69 bits per heavy atom. The summed E-state index contributed by atoms with van der Waals surface area (Å²) in [5, 5.41) is 24.5. The van der Waals surface area contributed by atoms with Gasteiger partial charge in [0.25, 0.3) is 17.7 Å². The molecule has 312 valence electrons. The van der Waals surface area contributed by atoms with E-state index in [2.05, 4.69) is 32.5 Å². The normalized spacial score (nSPS) is 16.6. The van der Waals surface area contributed by atoms with E-state index in [0.717, 1.165) is 88.8 Å². The molecule has 5 aromatic rings. The largest absolute Gasteiger partial charge is 0.444 e. The van der Waals surface area contributed by atoms with Crippen LogP contribution in [-0.4, -0.2) is 82.0 Å². The van der Waals surface area contributed by atoms with Crippen molar-refractivity contribution >= 4 is 108 Å². The van der Waals surface area contributed by atoms with Gasteiger partial charge in [-0.15, -0.1) is 56.7 Å². The summed E-state index contributed by atoms with van der Waals surface area (Å²) in [6, 6.07) is 10.2. The molecule has 0 radical (unpaired) electrons. The van der Waals surface area contributed by atoms with Crippen molar-refractivity contribution in [3.05, 3.63) is 109 Å². The number of nitrogens with one attached hydrogen (secondary N) is 1. The average molecular weight is 958 g/mol. The Balaban J connectivity index is 0.000000127. The predicted molar refractivity (Wildman–Crippen MR) is 241 cm³/mol. The number of carbonyl (C=O) groups is 5. The first-order valence-corrected chi connectivity index (χ1v) is 24.6. The number of halogens is 1. The maximum Gasteiger partial charge on any atom is 0.312 e. The van der Waals surface area contributed by atoms with Gasteiger partial charge in [-0.2, -0.15) is 0 Å². The van der Waals surface area contributed by atoms with Gasteiger partial charge in [0.2, 0.25) is 0 Å². The lowest BCUT2D eigenvalue weighted by molar-refractivity contribution is -0.156. The number of carbonyl (C=O) groups excluding carboxylic acids is 5. The van der Waals surface area contributed by atoms with Crippen molar-refractivity contribution in [3.63, 3.8) is 0 Å². The molecular formula is C42H45BrN4O7S5. The van der Waals surface area contributed by atoms with E-state index in [1.807, 2.05) is 56.1 Å². The third-order valence-corrected chi connectivity index (χ3v) is 15.3. The van der Waals surface area contributed by atoms with E-state index in [4.69, 9.17) is 9.94 Å². The Labute approximate surface area is 371 Å². The number of nitrogens with zero attached hydrogens (tertiary/aromatic N) is 3. The number of oxime groups is 1. The number of Topliss-reactive ketones (excluding diaryl/α,β-unsaturated/α-hetero) is 1.